The predicted octanol–water partition coefficient (Wildman–Crippen LogP) is 0.589. The summed E-state index contributed by atoms with van der Waals surface area (Å²) in [6.45, 7) is 0. The smallest absolute Gasteiger partial charge is 0.294 e. The molecule has 0 heterocycles. The summed E-state index contributed by atoms with van der Waals surface area (Å²) in [6, 6.07) is 11.1. The summed E-state index contributed by atoms with van der Waals surface area (Å²) < 4.78 is 31.4. The van der Waals surface area contributed by atoms with Crippen molar-refractivity contribution in [3.63, 3.8) is 0 Å². The largest absolute Gasteiger partial charge is 0.595 e. The van der Waals surface area contributed by atoms with E-state index >= 15 is 0 Å². The monoisotopic (exact) mass is 324 g/mol. The number of carbonyl (C=O) groups is 1. The van der Waals surface area contributed by atoms with Gasteiger partial charge in [-0.15, -0.1) is 0 Å². The summed E-state index contributed by atoms with van der Waals surface area (Å²) in [6.07, 6.45) is 0. The lowest BCUT2D eigenvalue weighted by Gasteiger charge is -2.14. The van der Waals surface area contributed by atoms with Crippen LogP contribution in [0.5, 0.6) is 0 Å². The van der Waals surface area contributed by atoms with Gasteiger partial charge in [-0.05, 0) is 18.2 Å². The van der Waals surface area contributed by atoms with Gasteiger partial charge < -0.3 is 10.5 Å². The number of rotatable bonds is 4. The highest BCUT2D eigenvalue weighted by atomic mass is 32.2. The van der Waals surface area contributed by atoms with Crippen molar-refractivity contribution in [3.05, 3.63) is 59.3 Å². The van der Waals surface area contributed by atoms with Gasteiger partial charge in [-0.3, -0.25) is 9.35 Å². The number of hydrogen-bond acceptors (Lipinski definition) is 5. The molecule has 1 unspecified atom stereocenters. The second kappa shape index (κ2) is 6.22. The van der Waals surface area contributed by atoms with Crippen molar-refractivity contribution in [2.75, 3.05) is 5.32 Å². The van der Waals surface area contributed by atoms with E-state index in [0.717, 1.165) is 18.2 Å². The Balaban J connectivity index is 2.41. The van der Waals surface area contributed by atoms with Crippen molar-refractivity contribution in [2.45, 2.75) is 4.90 Å². The lowest BCUT2D eigenvalue weighted by Crippen LogP contribution is -2.99. The molecule has 116 valence electrons. The Morgan fingerprint density at radius 3 is 2.32 bits per heavy atom. The van der Waals surface area contributed by atoms with Crippen LogP contribution in [0.15, 0.2) is 53.4 Å². The van der Waals surface area contributed by atoms with Crippen LogP contribution in [-0.2, 0) is 10.1 Å². The predicted molar refractivity (Wildman–Crippen MR) is 76.4 cm³/mol. The molecule has 0 fully saturated rings. The lowest BCUT2D eigenvalue weighted by atomic mass is 10.2. The van der Waals surface area contributed by atoms with Crippen LogP contribution >= 0.6 is 0 Å². The Morgan fingerprint density at radius 1 is 1.14 bits per heavy atom. The molecule has 0 aromatic heterocycles. The van der Waals surface area contributed by atoms with Crippen molar-refractivity contribution in [3.8, 4) is 0 Å². The molecule has 8 nitrogen and oxygen atoms in total. The molecular formula is C13H12N2O6S. The van der Waals surface area contributed by atoms with Gasteiger partial charge in [0, 0.05) is 23.4 Å². The minimum Gasteiger partial charge on any atom is -0.595 e. The first kappa shape index (κ1) is 16.1. The minimum atomic E-state index is -4.63. The maximum atomic E-state index is 12.1. The van der Waals surface area contributed by atoms with Crippen LogP contribution in [0.2, 0.25) is 0 Å². The molecule has 2 aromatic carbocycles. The molecule has 0 bridgehead atoms. The number of benzene rings is 2. The third-order valence-corrected chi connectivity index (χ3v) is 3.58. The van der Waals surface area contributed by atoms with Gasteiger partial charge in [0.05, 0.1) is 0 Å². The molecule has 0 aliphatic rings. The summed E-state index contributed by atoms with van der Waals surface area (Å²) in [4.78, 5) is 11.4. The van der Waals surface area contributed by atoms with E-state index in [-0.39, 0.29) is 5.56 Å². The number of anilines is 1. The molecule has 2 rings (SSSR count). The van der Waals surface area contributed by atoms with Gasteiger partial charge in [0.1, 0.15) is 4.90 Å². The Labute approximate surface area is 125 Å². The van der Waals surface area contributed by atoms with E-state index < -0.39 is 31.8 Å². The molecule has 0 radical (unpaired) electrons. The normalized spacial score (nSPS) is 12.7. The zero-order chi connectivity index (χ0) is 16.3. The van der Waals surface area contributed by atoms with Gasteiger partial charge in [-0.1, -0.05) is 18.2 Å². The fourth-order valence-electron chi connectivity index (χ4n) is 1.73. The number of hydrogen-bond donors (Lipinski definition) is 4. The molecule has 9 heteroatoms. The highest BCUT2D eigenvalue weighted by molar-refractivity contribution is 7.85. The lowest BCUT2D eigenvalue weighted by molar-refractivity contribution is -0.991. The summed E-state index contributed by atoms with van der Waals surface area (Å²) in [5.74, 6) is -0.695. The summed E-state index contributed by atoms with van der Waals surface area (Å²) in [5, 5.41) is 21.0. The first-order valence-electron chi connectivity index (χ1n) is 5.99. The van der Waals surface area contributed by atoms with Gasteiger partial charge in [0.25, 0.3) is 16.0 Å². The number of quaternary nitrogens is 1. The van der Waals surface area contributed by atoms with E-state index in [9.17, 15) is 18.4 Å². The van der Waals surface area contributed by atoms with Gasteiger partial charge in [-0.2, -0.15) is 13.6 Å². The first-order valence-corrected chi connectivity index (χ1v) is 7.43. The average molecular weight is 324 g/mol. The minimum absolute atomic E-state index is 0.198. The molecule has 1 atom stereocenters. The molecule has 2 aromatic rings. The van der Waals surface area contributed by atoms with E-state index in [1.54, 1.807) is 30.3 Å². The van der Waals surface area contributed by atoms with Crippen LogP contribution in [0.25, 0.3) is 0 Å². The zero-order valence-corrected chi connectivity index (χ0v) is 11.9. The molecule has 0 aliphatic heterocycles. The van der Waals surface area contributed by atoms with Gasteiger partial charge in [0.15, 0.2) is 5.69 Å². The molecule has 0 saturated carbocycles. The van der Waals surface area contributed by atoms with Crippen molar-refractivity contribution < 1.29 is 28.2 Å². The summed E-state index contributed by atoms with van der Waals surface area (Å²) in [7, 11) is -4.63. The maximum absolute atomic E-state index is 12.1. The van der Waals surface area contributed by atoms with Crippen LogP contribution in [0, 0.1) is 5.21 Å². The van der Waals surface area contributed by atoms with Crippen LogP contribution in [0.3, 0.4) is 0 Å². The topological polar surface area (TPSA) is 131 Å². The van der Waals surface area contributed by atoms with Crippen molar-refractivity contribution in [1.29, 1.82) is 0 Å². The van der Waals surface area contributed by atoms with Gasteiger partial charge in [-0.25, -0.2) is 5.21 Å². The fourth-order valence-corrected chi connectivity index (χ4v) is 2.28. The molecule has 0 aliphatic carbocycles. The Morgan fingerprint density at radius 2 is 1.77 bits per heavy atom. The third-order valence-electron chi connectivity index (χ3n) is 2.75. The Bertz CT molecular complexity index is 789. The molecular weight excluding hydrogens is 312 g/mol. The Hall–Kier alpha value is -2.30. The summed E-state index contributed by atoms with van der Waals surface area (Å²) in [5.41, 5.74) is -0.161. The number of carbonyl (C=O) groups excluding carboxylic acids is 1. The molecule has 0 saturated heterocycles. The van der Waals surface area contributed by atoms with Crippen LogP contribution < -0.4 is 10.5 Å². The van der Waals surface area contributed by atoms with E-state index in [1.807, 2.05) is 0 Å². The van der Waals surface area contributed by atoms with Crippen molar-refractivity contribution in [2.24, 2.45) is 0 Å². The number of amides is 1. The van der Waals surface area contributed by atoms with Gasteiger partial charge in [0.2, 0.25) is 0 Å². The van der Waals surface area contributed by atoms with Crippen LogP contribution in [0.4, 0.5) is 11.4 Å². The molecule has 22 heavy (non-hydrogen) atoms. The second-order valence-corrected chi connectivity index (χ2v) is 5.77. The van der Waals surface area contributed by atoms with Gasteiger partial charge >= 0.3 is 0 Å². The SMILES string of the molecule is O=C(Nc1ccccc1)c1cc([NH+]([O-])O)cc(S(=O)(=O)O)c1. The maximum Gasteiger partial charge on any atom is 0.294 e. The molecule has 0 spiro atoms. The third kappa shape index (κ3) is 3.87. The fraction of sp³-hybridized carbons (Fsp3) is 0. The zero-order valence-electron chi connectivity index (χ0n) is 11.1. The van der Waals surface area contributed by atoms with Crippen LogP contribution in [0.1, 0.15) is 10.4 Å². The Kier molecular flexibility index (Phi) is 4.54. The number of nitrogens with one attached hydrogen (secondary N) is 2. The van der Waals surface area contributed by atoms with Crippen molar-refractivity contribution in [1.82, 2.24) is 0 Å². The molecule has 1 amide bonds. The standard InChI is InChI=1S/C13H12N2O6S/c16-13(14-10-4-2-1-3-5-10)9-6-11(15(17)18)8-12(7-9)22(19,20)21/h1-8,15,17H,(H,14,16)(H,19,20,21). The van der Waals surface area contributed by atoms with E-state index in [0.29, 0.717) is 5.69 Å². The van der Waals surface area contributed by atoms with E-state index in [4.69, 9.17) is 9.76 Å². The second-order valence-electron chi connectivity index (χ2n) is 4.35. The van der Waals surface area contributed by atoms with Crippen LogP contribution in [-0.4, -0.2) is 24.1 Å². The van der Waals surface area contributed by atoms with E-state index in [2.05, 4.69) is 5.32 Å². The van der Waals surface area contributed by atoms with Crippen molar-refractivity contribution >= 4 is 27.4 Å². The average Bonchev–Trinajstić information content (AvgIpc) is 2.46. The first-order chi connectivity index (χ1) is 10.3. The highest BCUT2D eigenvalue weighted by Crippen LogP contribution is 2.18. The molecule has 4 N–H and O–H groups in total. The quantitative estimate of drug-likeness (QED) is 0.481. The highest BCUT2D eigenvalue weighted by Gasteiger charge is 2.18. The summed E-state index contributed by atoms with van der Waals surface area (Å²) >= 11 is 0. The number of para-hydroxylation sites is 1. The van der Waals surface area contributed by atoms with E-state index in [1.165, 1.54) is 0 Å².